The molecule has 1 heterocycles. The minimum absolute atomic E-state index is 0.0837. The van der Waals surface area contributed by atoms with Gasteiger partial charge in [0.1, 0.15) is 5.56 Å². The van der Waals surface area contributed by atoms with Crippen molar-refractivity contribution >= 4 is 11.6 Å². The van der Waals surface area contributed by atoms with E-state index in [4.69, 9.17) is 5.73 Å². The third kappa shape index (κ3) is 3.21. The Bertz CT molecular complexity index is 559. The van der Waals surface area contributed by atoms with Crippen LogP contribution in [-0.2, 0) is 0 Å². The van der Waals surface area contributed by atoms with Crippen molar-refractivity contribution in [3.05, 3.63) is 39.4 Å². The van der Waals surface area contributed by atoms with Crippen molar-refractivity contribution in [1.82, 2.24) is 4.90 Å². The van der Waals surface area contributed by atoms with Crippen molar-refractivity contribution in [3.8, 4) is 0 Å². The van der Waals surface area contributed by atoms with Gasteiger partial charge in [0.25, 0.3) is 11.6 Å². The highest BCUT2D eigenvalue weighted by molar-refractivity contribution is 5.98. The summed E-state index contributed by atoms with van der Waals surface area (Å²) >= 11 is 0. The van der Waals surface area contributed by atoms with E-state index < -0.39 is 4.92 Å². The molecule has 0 aliphatic carbocycles. The van der Waals surface area contributed by atoms with Crippen molar-refractivity contribution in [3.63, 3.8) is 0 Å². The van der Waals surface area contributed by atoms with E-state index in [1.807, 2.05) is 13.8 Å². The second-order valence-electron chi connectivity index (χ2n) is 5.76. The van der Waals surface area contributed by atoms with Crippen LogP contribution >= 0.6 is 0 Å². The molecule has 114 valence electrons. The van der Waals surface area contributed by atoms with Crippen LogP contribution < -0.4 is 5.73 Å². The van der Waals surface area contributed by atoms with Crippen molar-refractivity contribution in [2.24, 2.45) is 11.7 Å². The molecule has 1 aromatic rings. The Morgan fingerprint density at radius 3 is 2.81 bits per heavy atom. The maximum atomic E-state index is 12.7. The molecule has 2 rings (SSSR count). The topological polar surface area (TPSA) is 89.5 Å². The molecule has 1 aliphatic rings. The summed E-state index contributed by atoms with van der Waals surface area (Å²) in [5, 5.41) is 11.1. The fraction of sp³-hybridized carbons (Fsp3) is 0.533. The molecule has 0 radical (unpaired) electrons. The fourth-order valence-corrected chi connectivity index (χ4v) is 2.79. The van der Waals surface area contributed by atoms with Crippen molar-refractivity contribution in [1.29, 1.82) is 0 Å². The van der Waals surface area contributed by atoms with Crippen LogP contribution in [0.4, 0.5) is 5.69 Å². The molecule has 1 aromatic carbocycles. The third-order valence-corrected chi connectivity index (χ3v) is 4.15. The molecule has 2 unspecified atom stereocenters. The smallest absolute Gasteiger partial charge is 0.282 e. The first-order valence-electron chi connectivity index (χ1n) is 7.20. The van der Waals surface area contributed by atoms with Gasteiger partial charge < -0.3 is 10.6 Å². The van der Waals surface area contributed by atoms with Crippen molar-refractivity contribution in [2.75, 3.05) is 13.1 Å². The number of benzene rings is 1. The summed E-state index contributed by atoms with van der Waals surface area (Å²) in [6.07, 6.45) is 1.88. The van der Waals surface area contributed by atoms with Crippen LogP contribution in [0, 0.1) is 23.0 Å². The van der Waals surface area contributed by atoms with Gasteiger partial charge in [-0.2, -0.15) is 0 Å². The van der Waals surface area contributed by atoms with E-state index in [9.17, 15) is 14.9 Å². The highest BCUT2D eigenvalue weighted by atomic mass is 16.6. The van der Waals surface area contributed by atoms with E-state index in [0.29, 0.717) is 13.1 Å². The van der Waals surface area contributed by atoms with Crippen LogP contribution in [0.5, 0.6) is 0 Å². The van der Waals surface area contributed by atoms with Gasteiger partial charge in [0.2, 0.25) is 0 Å². The maximum Gasteiger partial charge on any atom is 0.282 e. The number of hydrogen-bond donors (Lipinski definition) is 1. The number of carbonyl (C=O) groups excluding carboxylic acids is 1. The lowest BCUT2D eigenvalue weighted by Crippen LogP contribution is -2.47. The van der Waals surface area contributed by atoms with E-state index in [1.165, 1.54) is 6.07 Å². The van der Waals surface area contributed by atoms with Crippen LogP contribution in [0.2, 0.25) is 0 Å². The molecule has 6 nitrogen and oxygen atoms in total. The monoisotopic (exact) mass is 291 g/mol. The Hall–Kier alpha value is -1.95. The number of amides is 1. The highest BCUT2D eigenvalue weighted by Gasteiger charge is 2.32. The molecule has 0 spiro atoms. The average Bonchev–Trinajstić information content (AvgIpc) is 2.46. The first-order chi connectivity index (χ1) is 9.93. The molecule has 1 amide bonds. The quantitative estimate of drug-likeness (QED) is 0.682. The summed E-state index contributed by atoms with van der Waals surface area (Å²) in [7, 11) is 0. The molecule has 1 fully saturated rings. The van der Waals surface area contributed by atoms with Crippen molar-refractivity contribution < 1.29 is 9.72 Å². The maximum absolute atomic E-state index is 12.7. The summed E-state index contributed by atoms with van der Waals surface area (Å²) in [5.74, 6) is 0.00469. The van der Waals surface area contributed by atoms with Crippen LogP contribution in [0.1, 0.15) is 35.7 Å². The standard InChI is InChI=1S/C15H21N3O3/c1-10-3-6-14(18(20)21)13(7-10)15(19)17-9-12(8-16)5-4-11(17)2/h3,6-7,11-12H,4-5,8-9,16H2,1-2H3. The average molecular weight is 291 g/mol. The van der Waals surface area contributed by atoms with E-state index in [0.717, 1.165) is 18.4 Å². The lowest BCUT2D eigenvalue weighted by atomic mass is 9.92. The molecule has 2 N–H and O–H groups in total. The Kier molecular flexibility index (Phi) is 4.57. The van der Waals surface area contributed by atoms with Gasteiger partial charge in [-0.15, -0.1) is 0 Å². The summed E-state index contributed by atoms with van der Waals surface area (Å²) in [5.41, 5.74) is 6.58. The van der Waals surface area contributed by atoms with E-state index in [1.54, 1.807) is 17.0 Å². The lowest BCUT2D eigenvalue weighted by molar-refractivity contribution is -0.385. The number of rotatable bonds is 3. The molecule has 0 saturated carbocycles. The zero-order valence-electron chi connectivity index (χ0n) is 12.4. The zero-order chi connectivity index (χ0) is 15.6. The van der Waals surface area contributed by atoms with Gasteiger partial charge in [0.05, 0.1) is 4.92 Å². The van der Waals surface area contributed by atoms with E-state index in [2.05, 4.69) is 0 Å². The van der Waals surface area contributed by atoms with E-state index >= 15 is 0 Å². The second-order valence-corrected chi connectivity index (χ2v) is 5.76. The summed E-state index contributed by atoms with van der Waals surface area (Å²) in [4.78, 5) is 25.1. The first kappa shape index (κ1) is 15.4. The van der Waals surface area contributed by atoms with Crippen LogP contribution in [-0.4, -0.2) is 34.9 Å². The number of piperidine rings is 1. The van der Waals surface area contributed by atoms with Gasteiger partial charge >= 0.3 is 0 Å². The molecule has 0 aromatic heterocycles. The molecular formula is C15H21N3O3. The fourth-order valence-electron chi connectivity index (χ4n) is 2.79. The Labute approximate surface area is 124 Å². The van der Waals surface area contributed by atoms with Gasteiger partial charge in [-0.05, 0) is 50.8 Å². The minimum Gasteiger partial charge on any atom is -0.335 e. The third-order valence-electron chi connectivity index (χ3n) is 4.15. The number of nitro benzene ring substituents is 1. The van der Waals surface area contributed by atoms with Crippen LogP contribution in [0.25, 0.3) is 0 Å². The summed E-state index contributed by atoms with van der Waals surface area (Å²) < 4.78 is 0. The lowest BCUT2D eigenvalue weighted by Gasteiger charge is -2.37. The van der Waals surface area contributed by atoms with Crippen LogP contribution in [0.3, 0.4) is 0 Å². The Morgan fingerprint density at radius 2 is 2.19 bits per heavy atom. The SMILES string of the molecule is Cc1ccc([N+](=O)[O-])c(C(=O)N2CC(CN)CCC2C)c1. The van der Waals surface area contributed by atoms with E-state index in [-0.39, 0.29) is 29.1 Å². The van der Waals surface area contributed by atoms with Gasteiger partial charge in [-0.3, -0.25) is 14.9 Å². The minimum atomic E-state index is -0.498. The molecule has 6 heteroatoms. The first-order valence-corrected chi connectivity index (χ1v) is 7.20. The van der Waals surface area contributed by atoms with Gasteiger partial charge in [-0.1, -0.05) is 6.07 Å². The van der Waals surface area contributed by atoms with Gasteiger partial charge in [-0.25, -0.2) is 0 Å². The van der Waals surface area contributed by atoms with Crippen LogP contribution in [0.15, 0.2) is 18.2 Å². The number of nitrogens with two attached hydrogens (primary N) is 1. The highest BCUT2D eigenvalue weighted by Crippen LogP contribution is 2.27. The predicted octanol–water partition coefficient (Wildman–Crippen LogP) is 2.10. The number of nitrogens with zero attached hydrogens (tertiary/aromatic N) is 2. The molecule has 0 bridgehead atoms. The molecule has 1 saturated heterocycles. The molecule has 21 heavy (non-hydrogen) atoms. The molecular weight excluding hydrogens is 270 g/mol. The van der Waals surface area contributed by atoms with Gasteiger partial charge in [0.15, 0.2) is 0 Å². The normalized spacial score (nSPS) is 22.1. The summed E-state index contributed by atoms with van der Waals surface area (Å²) in [6.45, 7) is 4.91. The van der Waals surface area contributed by atoms with Gasteiger partial charge in [0, 0.05) is 18.7 Å². The molecule has 1 aliphatic heterocycles. The number of hydrogen-bond acceptors (Lipinski definition) is 4. The Morgan fingerprint density at radius 1 is 1.48 bits per heavy atom. The number of carbonyl (C=O) groups is 1. The molecule has 2 atom stereocenters. The number of aryl methyl sites for hydroxylation is 1. The van der Waals surface area contributed by atoms with Crippen molar-refractivity contribution in [2.45, 2.75) is 32.7 Å². The summed E-state index contributed by atoms with van der Waals surface area (Å²) in [6, 6.07) is 4.73. The second kappa shape index (κ2) is 6.22. The number of nitro groups is 1. The Balaban J connectivity index is 2.34. The number of likely N-dealkylation sites (tertiary alicyclic amines) is 1. The predicted molar refractivity (Wildman–Crippen MR) is 80.1 cm³/mol. The largest absolute Gasteiger partial charge is 0.335 e. The zero-order valence-corrected chi connectivity index (χ0v) is 12.4.